The molecule has 0 fully saturated rings. The molecule has 0 saturated heterocycles. The van der Waals surface area contributed by atoms with Gasteiger partial charge in [0.25, 0.3) is 0 Å². The van der Waals surface area contributed by atoms with Crippen LogP contribution in [0.4, 0.5) is 13.2 Å². The molecule has 0 bridgehead atoms. The van der Waals surface area contributed by atoms with E-state index in [9.17, 15) is 18.0 Å². The highest BCUT2D eigenvalue weighted by Crippen LogP contribution is 2.21. The zero-order chi connectivity index (χ0) is 20.4. The molecular formula is C22H21F3O3. The molecule has 0 heterocycles. The summed E-state index contributed by atoms with van der Waals surface area (Å²) in [7, 11) is 0. The number of halogens is 3. The fraction of sp³-hybridized carbons (Fsp3) is 0.318. The van der Waals surface area contributed by atoms with Crippen LogP contribution in [-0.2, 0) is 4.79 Å². The first kappa shape index (κ1) is 21.4. The molecule has 0 amide bonds. The van der Waals surface area contributed by atoms with Crippen LogP contribution >= 0.6 is 0 Å². The number of esters is 1. The highest BCUT2D eigenvalue weighted by atomic mass is 19.4. The summed E-state index contributed by atoms with van der Waals surface area (Å²) in [5.74, 6) is 6.72. The van der Waals surface area contributed by atoms with Gasteiger partial charge in [0.15, 0.2) is 0 Å². The summed E-state index contributed by atoms with van der Waals surface area (Å²) in [5, 5.41) is 0. The van der Waals surface area contributed by atoms with Gasteiger partial charge in [0.05, 0.1) is 6.61 Å². The fourth-order valence-electron chi connectivity index (χ4n) is 2.23. The van der Waals surface area contributed by atoms with E-state index in [1.54, 1.807) is 48.5 Å². The number of hydrogen-bond acceptors (Lipinski definition) is 3. The number of alkyl halides is 3. The Hall–Kier alpha value is -2.94. The van der Waals surface area contributed by atoms with Gasteiger partial charge in [-0.2, -0.15) is 13.2 Å². The maximum Gasteiger partial charge on any atom is 0.389 e. The average Bonchev–Trinajstić information content (AvgIpc) is 2.65. The van der Waals surface area contributed by atoms with Crippen molar-refractivity contribution in [2.24, 2.45) is 0 Å². The molecule has 2 aromatic carbocycles. The lowest BCUT2D eigenvalue weighted by molar-refractivity contribution is -0.136. The van der Waals surface area contributed by atoms with Gasteiger partial charge in [-0.05, 0) is 61.4 Å². The second-order valence-electron chi connectivity index (χ2n) is 6.09. The summed E-state index contributed by atoms with van der Waals surface area (Å²) in [6.45, 7) is 1.92. The Morgan fingerprint density at radius 1 is 0.929 bits per heavy atom. The Bertz CT molecular complexity index is 813. The van der Waals surface area contributed by atoms with Crippen LogP contribution in [0.3, 0.4) is 0 Å². The van der Waals surface area contributed by atoms with Crippen molar-refractivity contribution in [3.8, 4) is 23.3 Å². The van der Waals surface area contributed by atoms with Crippen molar-refractivity contribution in [1.29, 1.82) is 0 Å². The van der Waals surface area contributed by atoms with Gasteiger partial charge in [-0.1, -0.05) is 18.8 Å². The van der Waals surface area contributed by atoms with Crippen molar-refractivity contribution >= 4 is 5.97 Å². The average molecular weight is 390 g/mol. The lowest BCUT2D eigenvalue weighted by Crippen LogP contribution is -2.09. The Morgan fingerprint density at radius 2 is 1.46 bits per heavy atom. The van der Waals surface area contributed by atoms with Crippen LogP contribution in [0.15, 0.2) is 48.5 Å². The Labute approximate surface area is 162 Å². The van der Waals surface area contributed by atoms with E-state index < -0.39 is 12.6 Å². The van der Waals surface area contributed by atoms with Crippen LogP contribution in [0.5, 0.6) is 11.5 Å². The van der Waals surface area contributed by atoms with E-state index in [4.69, 9.17) is 9.47 Å². The molecule has 0 aliphatic heterocycles. The van der Waals surface area contributed by atoms with Gasteiger partial charge in [0.1, 0.15) is 11.5 Å². The maximum atomic E-state index is 12.1. The number of carbonyl (C=O) groups excluding carboxylic acids is 1. The van der Waals surface area contributed by atoms with Crippen molar-refractivity contribution in [2.75, 3.05) is 6.61 Å². The first-order valence-electron chi connectivity index (χ1n) is 8.98. The van der Waals surface area contributed by atoms with Crippen molar-refractivity contribution in [2.45, 2.75) is 38.8 Å². The Kier molecular flexibility index (Phi) is 7.94. The van der Waals surface area contributed by atoms with Crippen molar-refractivity contribution in [3.63, 3.8) is 0 Å². The topological polar surface area (TPSA) is 35.5 Å². The lowest BCUT2D eigenvalue weighted by atomic mass is 10.1. The number of ether oxygens (including phenoxy) is 2. The van der Waals surface area contributed by atoms with Gasteiger partial charge in [-0.3, -0.25) is 4.79 Å². The summed E-state index contributed by atoms with van der Waals surface area (Å²) >= 11 is 0. The minimum Gasteiger partial charge on any atom is -0.494 e. The quantitative estimate of drug-likeness (QED) is 0.271. The van der Waals surface area contributed by atoms with E-state index >= 15 is 0 Å². The molecule has 2 aromatic rings. The van der Waals surface area contributed by atoms with Gasteiger partial charge in [0.2, 0.25) is 0 Å². The van der Waals surface area contributed by atoms with E-state index in [1.807, 2.05) is 6.92 Å². The molecular weight excluding hydrogens is 369 g/mol. The normalized spacial score (nSPS) is 10.7. The molecule has 3 nitrogen and oxygen atoms in total. The minimum atomic E-state index is -4.15. The third kappa shape index (κ3) is 8.17. The van der Waals surface area contributed by atoms with Crippen LogP contribution in [0.25, 0.3) is 0 Å². The molecule has 148 valence electrons. The number of rotatable bonds is 7. The molecule has 0 saturated carbocycles. The van der Waals surface area contributed by atoms with Crippen molar-refractivity contribution in [1.82, 2.24) is 0 Å². The lowest BCUT2D eigenvalue weighted by Gasteiger charge is -2.08. The SMILES string of the molecule is CCCC(=O)Oc1ccc(C#Cc2ccc(OCCCC(F)(F)F)cc2)cc1. The minimum absolute atomic E-state index is 0.0136. The molecule has 0 aliphatic rings. The van der Waals surface area contributed by atoms with E-state index in [1.165, 1.54) is 0 Å². The zero-order valence-corrected chi connectivity index (χ0v) is 15.5. The predicted molar refractivity (Wildman–Crippen MR) is 100 cm³/mol. The largest absolute Gasteiger partial charge is 0.494 e. The first-order valence-corrected chi connectivity index (χ1v) is 8.98. The van der Waals surface area contributed by atoms with Crippen LogP contribution < -0.4 is 9.47 Å². The molecule has 0 aromatic heterocycles. The zero-order valence-electron chi connectivity index (χ0n) is 15.5. The maximum absolute atomic E-state index is 12.1. The third-order valence-corrected chi connectivity index (χ3v) is 3.62. The Morgan fingerprint density at radius 3 is 1.96 bits per heavy atom. The molecule has 0 radical (unpaired) electrons. The van der Waals surface area contributed by atoms with Crippen LogP contribution in [0.1, 0.15) is 43.7 Å². The van der Waals surface area contributed by atoms with Gasteiger partial charge in [0, 0.05) is 24.0 Å². The highest BCUT2D eigenvalue weighted by molar-refractivity contribution is 5.72. The Balaban J connectivity index is 1.85. The predicted octanol–water partition coefficient (Wildman–Crippen LogP) is 5.51. The second kappa shape index (κ2) is 10.4. The first-order chi connectivity index (χ1) is 13.4. The van der Waals surface area contributed by atoms with E-state index in [0.29, 0.717) is 17.9 Å². The number of benzene rings is 2. The summed E-state index contributed by atoms with van der Waals surface area (Å²) in [6.07, 6.45) is -3.97. The van der Waals surface area contributed by atoms with Gasteiger partial charge in [-0.15, -0.1) is 0 Å². The van der Waals surface area contributed by atoms with Crippen LogP contribution in [-0.4, -0.2) is 18.8 Å². The van der Waals surface area contributed by atoms with Gasteiger partial charge < -0.3 is 9.47 Å². The van der Waals surface area contributed by atoms with Gasteiger partial charge in [-0.25, -0.2) is 0 Å². The molecule has 2 rings (SSSR count). The summed E-state index contributed by atoms with van der Waals surface area (Å²) in [5.41, 5.74) is 1.52. The molecule has 28 heavy (non-hydrogen) atoms. The second-order valence-corrected chi connectivity index (χ2v) is 6.09. The number of carbonyl (C=O) groups is 1. The molecule has 0 unspecified atom stereocenters. The third-order valence-electron chi connectivity index (χ3n) is 3.62. The van der Waals surface area contributed by atoms with E-state index in [0.717, 1.165) is 17.5 Å². The summed E-state index contributed by atoms with van der Waals surface area (Å²) in [4.78, 5) is 11.5. The van der Waals surface area contributed by atoms with Crippen LogP contribution in [0, 0.1) is 11.8 Å². The summed E-state index contributed by atoms with van der Waals surface area (Å²) in [6, 6.07) is 13.7. The standard InChI is InChI=1S/C22H21F3O3/c1-2-4-21(26)28-20-13-9-18(10-14-20)6-5-17-7-11-19(12-8-17)27-16-3-15-22(23,24)25/h7-14H,2-4,15-16H2,1H3. The molecule has 0 aliphatic carbocycles. The van der Waals surface area contributed by atoms with Crippen LogP contribution in [0.2, 0.25) is 0 Å². The van der Waals surface area contributed by atoms with Crippen molar-refractivity contribution < 1.29 is 27.4 Å². The van der Waals surface area contributed by atoms with E-state index in [2.05, 4.69) is 11.8 Å². The molecule has 6 heteroatoms. The summed E-state index contributed by atoms with van der Waals surface area (Å²) < 4.78 is 46.7. The van der Waals surface area contributed by atoms with Gasteiger partial charge >= 0.3 is 12.1 Å². The fourth-order valence-corrected chi connectivity index (χ4v) is 2.23. The molecule has 0 spiro atoms. The molecule has 0 N–H and O–H groups in total. The van der Waals surface area contributed by atoms with E-state index in [-0.39, 0.29) is 19.0 Å². The highest BCUT2D eigenvalue weighted by Gasteiger charge is 2.26. The van der Waals surface area contributed by atoms with Crippen molar-refractivity contribution in [3.05, 3.63) is 59.7 Å². The smallest absolute Gasteiger partial charge is 0.389 e. The number of hydrogen-bond donors (Lipinski definition) is 0. The monoisotopic (exact) mass is 390 g/mol. The molecule has 0 atom stereocenters.